The molecule has 0 bridgehead atoms. The highest BCUT2D eigenvalue weighted by Gasteiger charge is 2.27. The van der Waals surface area contributed by atoms with Gasteiger partial charge in [-0.2, -0.15) is 10.5 Å². The normalized spacial score (nSPS) is 16.0. The van der Waals surface area contributed by atoms with Gasteiger partial charge in [-0.1, -0.05) is 31.2 Å². The Bertz CT molecular complexity index is 930. The smallest absolute Gasteiger partial charge is 0.148 e. The molecule has 3 N–H and O–H groups in total. The Labute approximate surface area is 169 Å². The highest BCUT2D eigenvalue weighted by atomic mass is 32.2. The van der Waals surface area contributed by atoms with Crippen LogP contribution in [-0.4, -0.2) is 29.3 Å². The average molecular weight is 394 g/mol. The first-order valence-corrected chi connectivity index (χ1v) is 10.3. The van der Waals surface area contributed by atoms with Crippen LogP contribution in [0.5, 0.6) is 0 Å². The minimum atomic E-state index is -0.411. The highest BCUT2D eigenvalue weighted by molar-refractivity contribution is 7.98. The lowest BCUT2D eigenvalue weighted by Gasteiger charge is -2.21. The zero-order valence-corrected chi connectivity index (χ0v) is 16.7. The van der Waals surface area contributed by atoms with Gasteiger partial charge >= 0.3 is 0 Å². The molecule has 0 spiro atoms. The number of aromatic nitrogens is 1. The maximum Gasteiger partial charge on any atom is 0.148 e. The lowest BCUT2D eigenvalue weighted by atomic mass is 10.0. The fourth-order valence-electron chi connectivity index (χ4n) is 3.37. The lowest BCUT2D eigenvalue weighted by molar-refractivity contribution is 0.198. The molecule has 0 amide bonds. The summed E-state index contributed by atoms with van der Waals surface area (Å²) in [7, 11) is 0. The van der Waals surface area contributed by atoms with Gasteiger partial charge in [-0.15, -0.1) is 11.8 Å². The van der Waals surface area contributed by atoms with Crippen molar-refractivity contribution in [3.63, 3.8) is 0 Å². The molecule has 28 heavy (non-hydrogen) atoms. The van der Waals surface area contributed by atoms with Crippen LogP contribution in [0.2, 0.25) is 0 Å². The van der Waals surface area contributed by atoms with Gasteiger partial charge in [0.15, 0.2) is 0 Å². The largest absolute Gasteiger partial charge is 0.391 e. The monoisotopic (exact) mass is 393 g/mol. The molecule has 1 atom stereocenters. The lowest BCUT2D eigenvalue weighted by Crippen LogP contribution is -2.24. The van der Waals surface area contributed by atoms with Crippen LogP contribution in [0.1, 0.15) is 41.2 Å². The summed E-state index contributed by atoms with van der Waals surface area (Å²) in [6.07, 6.45) is 0.826. The van der Waals surface area contributed by atoms with E-state index in [2.05, 4.69) is 12.1 Å². The number of aliphatic hydroxyl groups is 1. The van der Waals surface area contributed by atoms with Crippen molar-refractivity contribution in [2.75, 3.05) is 18.0 Å². The van der Waals surface area contributed by atoms with E-state index in [1.807, 2.05) is 36.1 Å². The highest BCUT2D eigenvalue weighted by Crippen LogP contribution is 2.34. The molecule has 2 aromatic rings. The SMILES string of the molecule is CCc1c(C#N)c(SCc2ccc(CN)cc2)nc(N2CCC(O)C2)c1C#N. The number of nitrogens with zero attached hydrogens (tertiary/aromatic N) is 4. The molecule has 144 valence electrons. The Hall–Kier alpha value is -2.58. The average Bonchev–Trinajstić information content (AvgIpc) is 3.17. The van der Waals surface area contributed by atoms with Crippen molar-refractivity contribution in [1.29, 1.82) is 10.5 Å². The Kier molecular flexibility index (Phi) is 6.53. The second-order valence-corrected chi connectivity index (χ2v) is 7.71. The fourth-order valence-corrected chi connectivity index (χ4v) is 4.33. The molecule has 1 saturated heterocycles. The first kappa shape index (κ1) is 20.2. The number of thioether (sulfide) groups is 1. The number of aliphatic hydroxyl groups excluding tert-OH is 1. The van der Waals surface area contributed by atoms with Gasteiger partial charge in [0.05, 0.1) is 17.2 Å². The van der Waals surface area contributed by atoms with Crippen LogP contribution in [0.4, 0.5) is 5.82 Å². The van der Waals surface area contributed by atoms with Gasteiger partial charge < -0.3 is 15.7 Å². The van der Waals surface area contributed by atoms with Crippen LogP contribution >= 0.6 is 11.8 Å². The van der Waals surface area contributed by atoms with Gasteiger partial charge in [0.2, 0.25) is 0 Å². The third-order valence-electron chi connectivity index (χ3n) is 4.92. The minimum Gasteiger partial charge on any atom is -0.391 e. The number of nitriles is 2. The number of rotatable bonds is 6. The van der Waals surface area contributed by atoms with Gasteiger partial charge in [-0.3, -0.25) is 0 Å². The summed E-state index contributed by atoms with van der Waals surface area (Å²) >= 11 is 1.50. The second-order valence-electron chi connectivity index (χ2n) is 6.74. The summed E-state index contributed by atoms with van der Waals surface area (Å²) in [5, 5.41) is 30.0. The molecule has 1 aromatic carbocycles. The zero-order chi connectivity index (χ0) is 20.1. The maximum absolute atomic E-state index is 9.90. The van der Waals surface area contributed by atoms with Crippen molar-refractivity contribution in [2.24, 2.45) is 5.73 Å². The second kappa shape index (κ2) is 9.07. The third kappa shape index (κ3) is 4.13. The van der Waals surface area contributed by atoms with Crippen molar-refractivity contribution in [2.45, 2.75) is 43.2 Å². The number of benzene rings is 1. The maximum atomic E-state index is 9.90. The molecule has 0 aliphatic carbocycles. The molecule has 6 nitrogen and oxygen atoms in total. The van der Waals surface area contributed by atoms with Crippen LogP contribution < -0.4 is 10.6 Å². The van der Waals surface area contributed by atoms with Gasteiger partial charge in [0.25, 0.3) is 0 Å². The molecular weight excluding hydrogens is 370 g/mol. The standard InChI is InChI=1S/C21H23N5OS/c1-2-17-18(10-23)20(26-8-7-16(27)12-26)25-21(19(17)11-24)28-13-15-5-3-14(9-22)4-6-15/h3-6,16,27H,2,7-9,12-13,22H2,1H3. The van der Waals surface area contributed by atoms with Crippen molar-refractivity contribution < 1.29 is 5.11 Å². The number of β-amino-alcohol motifs (C(OH)–C–C–N with tert-alkyl or cyclic N) is 1. The van der Waals surface area contributed by atoms with E-state index >= 15 is 0 Å². The van der Waals surface area contributed by atoms with Crippen molar-refractivity contribution in [1.82, 2.24) is 4.98 Å². The summed E-state index contributed by atoms with van der Waals surface area (Å²) < 4.78 is 0. The molecule has 1 aliphatic heterocycles. The minimum absolute atomic E-state index is 0.411. The molecule has 3 rings (SSSR count). The van der Waals surface area contributed by atoms with Crippen LogP contribution in [-0.2, 0) is 18.7 Å². The molecule has 7 heteroatoms. The molecule has 0 saturated carbocycles. The van der Waals surface area contributed by atoms with E-state index in [1.54, 1.807) is 0 Å². The van der Waals surface area contributed by atoms with Gasteiger partial charge in [-0.05, 0) is 29.5 Å². The summed E-state index contributed by atoms with van der Waals surface area (Å²) in [5.41, 5.74) is 9.50. The van der Waals surface area contributed by atoms with Crippen LogP contribution in [0, 0.1) is 22.7 Å². The van der Waals surface area contributed by atoms with E-state index in [0.29, 0.717) is 60.2 Å². The molecule has 1 aliphatic rings. The summed E-state index contributed by atoms with van der Waals surface area (Å²) in [5.74, 6) is 1.25. The van der Waals surface area contributed by atoms with E-state index in [0.717, 1.165) is 16.7 Å². The predicted molar refractivity (Wildman–Crippen MR) is 110 cm³/mol. The number of nitrogens with two attached hydrogens (primary N) is 1. The van der Waals surface area contributed by atoms with E-state index < -0.39 is 6.10 Å². The van der Waals surface area contributed by atoms with Crippen molar-refractivity contribution >= 4 is 17.6 Å². The third-order valence-corrected chi connectivity index (χ3v) is 5.97. The molecule has 1 unspecified atom stereocenters. The van der Waals surface area contributed by atoms with Crippen molar-refractivity contribution in [3.05, 3.63) is 52.1 Å². The summed E-state index contributed by atoms with van der Waals surface area (Å²) in [6.45, 7) is 3.57. The van der Waals surface area contributed by atoms with Crippen LogP contribution in [0.3, 0.4) is 0 Å². The molecule has 2 heterocycles. The summed E-state index contributed by atoms with van der Waals surface area (Å²) in [6, 6.07) is 12.6. The van der Waals surface area contributed by atoms with Gasteiger partial charge in [0.1, 0.15) is 23.0 Å². The topological polar surface area (TPSA) is 110 Å². The predicted octanol–water partition coefficient (Wildman–Crippen LogP) is 2.71. The van der Waals surface area contributed by atoms with Gasteiger partial charge in [-0.25, -0.2) is 4.98 Å². The Balaban J connectivity index is 1.96. The summed E-state index contributed by atoms with van der Waals surface area (Å²) in [4.78, 5) is 6.65. The zero-order valence-electron chi connectivity index (χ0n) is 15.9. The number of hydrogen-bond acceptors (Lipinski definition) is 7. The van der Waals surface area contributed by atoms with Crippen LogP contribution in [0.25, 0.3) is 0 Å². The van der Waals surface area contributed by atoms with E-state index in [9.17, 15) is 15.6 Å². The molecular formula is C21H23N5OS. The first-order chi connectivity index (χ1) is 13.6. The number of anilines is 1. The molecule has 0 radical (unpaired) electrons. The number of pyridine rings is 1. The van der Waals surface area contributed by atoms with E-state index in [-0.39, 0.29) is 0 Å². The van der Waals surface area contributed by atoms with Gasteiger partial charge in [0, 0.05) is 25.4 Å². The Morgan fingerprint density at radius 1 is 1.21 bits per heavy atom. The number of hydrogen-bond donors (Lipinski definition) is 2. The quantitative estimate of drug-likeness (QED) is 0.726. The van der Waals surface area contributed by atoms with Crippen molar-refractivity contribution in [3.8, 4) is 12.1 Å². The van der Waals surface area contributed by atoms with E-state index in [1.165, 1.54) is 11.8 Å². The Morgan fingerprint density at radius 3 is 2.43 bits per heavy atom. The van der Waals surface area contributed by atoms with E-state index in [4.69, 9.17) is 10.7 Å². The Morgan fingerprint density at radius 2 is 1.89 bits per heavy atom. The molecule has 1 aromatic heterocycles. The van der Waals surface area contributed by atoms with Crippen LogP contribution in [0.15, 0.2) is 29.3 Å². The fraction of sp³-hybridized carbons (Fsp3) is 0.381. The molecule has 1 fully saturated rings. The first-order valence-electron chi connectivity index (χ1n) is 9.32.